The molecule has 3 rings (SSSR count). The van der Waals surface area contributed by atoms with Gasteiger partial charge in [0.25, 0.3) is 11.6 Å². The van der Waals surface area contributed by atoms with Crippen LogP contribution < -0.4 is 79.2 Å². The number of imidazole rings is 1. The number of hydrogen-bond acceptors (Lipinski definition) is 11. The van der Waals surface area contributed by atoms with E-state index in [9.17, 15) is 29.4 Å². The van der Waals surface area contributed by atoms with Gasteiger partial charge in [0.2, 0.25) is 0 Å². The Labute approximate surface area is 195 Å². The van der Waals surface area contributed by atoms with Crippen molar-refractivity contribution in [2.75, 3.05) is 13.7 Å². The molecule has 0 radical (unpaired) electrons. The summed E-state index contributed by atoms with van der Waals surface area (Å²) >= 11 is 0. The van der Waals surface area contributed by atoms with Crippen LogP contribution in [-0.2, 0) is 13.8 Å². The third-order valence-electron chi connectivity index (χ3n) is 3.61. The van der Waals surface area contributed by atoms with Crippen LogP contribution in [0.4, 0.5) is 0 Å². The quantitative estimate of drug-likeness (QED) is 0.306. The zero-order valence-electron chi connectivity index (χ0n) is 14.6. The number of aromatic nitrogens is 4. The second kappa shape index (κ2) is 9.76. The number of aliphatic hydroxyl groups excluding tert-OH is 2. The molecule has 27 heavy (non-hydrogen) atoms. The third-order valence-corrected chi connectivity index (χ3v) is 4.08. The van der Waals surface area contributed by atoms with Crippen LogP contribution in [0.1, 0.15) is 6.23 Å². The van der Waals surface area contributed by atoms with Crippen LogP contribution >= 0.6 is 7.82 Å². The molecule has 0 aromatic carbocycles. The number of hydrogen-bond donors (Lipinski definition) is 3. The molecule has 1 fully saturated rings. The van der Waals surface area contributed by atoms with Gasteiger partial charge < -0.3 is 38.6 Å². The summed E-state index contributed by atoms with van der Waals surface area (Å²) in [5.74, 6) is 0. The maximum atomic E-state index is 11.9. The molecule has 2 aromatic heterocycles. The van der Waals surface area contributed by atoms with Crippen LogP contribution in [0.5, 0.6) is 6.01 Å². The van der Waals surface area contributed by atoms with Crippen molar-refractivity contribution in [3.05, 3.63) is 16.7 Å². The summed E-state index contributed by atoms with van der Waals surface area (Å²) in [7, 11) is -3.98. The Morgan fingerprint density at radius 3 is 2.63 bits per heavy atom. The van der Waals surface area contributed by atoms with Crippen molar-refractivity contribution < 1.29 is 97.7 Å². The molecule has 16 heteroatoms. The van der Waals surface area contributed by atoms with Gasteiger partial charge in [-0.3, -0.25) is 14.3 Å². The van der Waals surface area contributed by atoms with Gasteiger partial charge in [0.15, 0.2) is 17.4 Å². The van der Waals surface area contributed by atoms with Crippen LogP contribution in [0.3, 0.4) is 0 Å². The SMILES string of the molecule is COc1nc2c(ncn2[C@@H]2O[C@H](COP(=O)([O-])[O-])[C@@H](O)[C@H]2O)c(=O)[nH]1.[Na+].[Na+]. The fraction of sp³-hybridized carbons (Fsp3) is 0.545. The van der Waals surface area contributed by atoms with Gasteiger partial charge in [-0.1, -0.05) is 0 Å². The topological polar surface area (TPSA) is 195 Å². The van der Waals surface area contributed by atoms with Crippen LogP contribution in [0.15, 0.2) is 11.1 Å². The molecule has 4 atom stereocenters. The van der Waals surface area contributed by atoms with Gasteiger partial charge in [0.05, 0.1) is 27.9 Å². The first-order chi connectivity index (χ1) is 11.7. The molecule has 0 spiro atoms. The average molecular weight is 422 g/mol. The molecule has 0 bridgehead atoms. The Kier molecular flexibility index (Phi) is 9.10. The number of methoxy groups -OCH3 is 1. The molecule has 0 saturated carbocycles. The summed E-state index contributed by atoms with van der Waals surface area (Å²) in [6.07, 6.45) is -4.45. The van der Waals surface area contributed by atoms with Crippen molar-refractivity contribution in [1.82, 2.24) is 19.5 Å². The van der Waals surface area contributed by atoms with Crippen LogP contribution in [-0.4, -0.2) is 61.8 Å². The van der Waals surface area contributed by atoms with Gasteiger partial charge in [0, 0.05) is 0 Å². The molecule has 1 aliphatic rings. The van der Waals surface area contributed by atoms with Crippen molar-refractivity contribution in [3.63, 3.8) is 0 Å². The fourth-order valence-electron chi connectivity index (χ4n) is 2.45. The zero-order chi connectivity index (χ0) is 18.4. The van der Waals surface area contributed by atoms with Gasteiger partial charge in [-0.15, -0.1) is 0 Å². The maximum Gasteiger partial charge on any atom is 1.00 e. The molecule has 3 heterocycles. The predicted octanol–water partition coefficient (Wildman–Crippen LogP) is -9.40. The normalized spacial score (nSPS) is 25.1. The minimum absolute atomic E-state index is 0. The van der Waals surface area contributed by atoms with Gasteiger partial charge in [-0.2, -0.15) is 4.98 Å². The van der Waals surface area contributed by atoms with Crippen LogP contribution in [0.2, 0.25) is 0 Å². The van der Waals surface area contributed by atoms with Crippen molar-refractivity contribution in [2.24, 2.45) is 0 Å². The Morgan fingerprint density at radius 2 is 2.04 bits per heavy atom. The van der Waals surface area contributed by atoms with Gasteiger partial charge >= 0.3 is 59.1 Å². The second-order valence-corrected chi connectivity index (χ2v) is 6.34. The standard InChI is InChI=1S/C11H15N4O9P.2Na/c1-22-11-13-8-5(9(18)14-11)12-3-15(8)10-7(17)6(16)4(24-10)2-23-25(19,20)21;;/h3-4,6-7,10,16-17H,2H2,1H3,(H,13,14,18)(H2,19,20,21);;/q;2*+1/p-2/t4-,6-,7-,10-;;/m1../s1. The van der Waals surface area contributed by atoms with Crippen molar-refractivity contribution in [2.45, 2.75) is 24.5 Å². The van der Waals surface area contributed by atoms with Crippen molar-refractivity contribution in [3.8, 4) is 6.01 Å². The summed E-state index contributed by atoms with van der Waals surface area (Å²) in [4.78, 5) is 43.2. The Hall–Kier alpha value is 0.140. The minimum Gasteiger partial charge on any atom is -0.790 e. The number of aromatic amines is 1. The van der Waals surface area contributed by atoms with E-state index in [1.807, 2.05) is 0 Å². The Morgan fingerprint density at radius 1 is 1.37 bits per heavy atom. The summed E-state index contributed by atoms with van der Waals surface area (Å²) in [5, 5.41) is 20.1. The van der Waals surface area contributed by atoms with Crippen LogP contribution in [0.25, 0.3) is 11.2 Å². The molecule has 1 saturated heterocycles. The molecule has 2 aromatic rings. The smallest absolute Gasteiger partial charge is 0.790 e. The number of ether oxygens (including phenoxy) is 2. The van der Waals surface area contributed by atoms with E-state index in [2.05, 4.69) is 19.5 Å². The number of phosphoric ester groups is 1. The number of aliphatic hydroxyl groups is 2. The van der Waals surface area contributed by atoms with E-state index >= 15 is 0 Å². The first-order valence-corrected chi connectivity index (χ1v) is 8.36. The van der Waals surface area contributed by atoms with Crippen LogP contribution in [0, 0.1) is 0 Å². The predicted molar refractivity (Wildman–Crippen MR) is 74.2 cm³/mol. The van der Waals surface area contributed by atoms with E-state index in [1.54, 1.807) is 0 Å². The molecule has 3 N–H and O–H groups in total. The molecule has 138 valence electrons. The minimum atomic E-state index is -5.27. The van der Waals surface area contributed by atoms with E-state index in [-0.39, 0.29) is 76.3 Å². The third kappa shape index (κ3) is 5.39. The first-order valence-electron chi connectivity index (χ1n) is 6.90. The van der Waals surface area contributed by atoms with Gasteiger partial charge in [-0.05, 0) is 0 Å². The summed E-state index contributed by atoms with van der Waals surface area (Å²) in [6.45, 7) is -0.775. The Bertz CT molecular complexity index is 886. The fourth-order valence-corrected chi connectivity index (χ4v) is 2.78. The van der Waals surface area contributed by atoms with Gasteiger partial charge in [0.1, 0.15) is 18.3 Å². The van der Waals surface area contributed by atoms with Gasteiger partial charge in [-0.25, -0.2) is 4.98 Å². The number of nitrogens with one attached hydrogen (secondary N) is 1. The molecule has 0 amide bonds. The first kappa shape index (κ1) is 25.2. The van der Waals surface area contributed by atoms with E-state index in [1.165, 1.54) is 11.7 Å². The molecule has 0 unspecified atom stereocenters. The zero-order valence-corrected chi connectivity index (χ0v) is 19.5. The summed E-state index contributed by atoms with van der Waals surface area (Å²) in [6, 6.07) is -0.106. The molecule has 0 aliphatic carbocycles. The number of rotatable bonds is 5. The number of nitrogens with zero attached hydrogens (tertiary/aromatic N) is 3. The number of H-pyrrole nitrogens is 1. The monoisotopic (exact) mass is 422 g/mol. The average Bonchev–Trinajstić information content (AvgIpc) is 3.08. The maximum absolute atomic E-state index is 11.9. The molecular weight excluding hydrogens is 409 g/mol. The van der Waals surface area contributed by atoms with E-state index in [0.717, 1.165) is 6.33 Å². The number of phosphoric acid groups is 1. The molecule has 13 nitrogen and oxygen atoms in total. The Balaban J connectivity index is 0.00000182. The van der Waals surface area contributed by atoms with Crippen molar-refractivity contribution in [1.29, 1.82) is 0 Å². The molecule has 1 aliphatic heterocycles. The van der Waals surface area contributed by atoms with Crippen molar-refractivity contribution >= 4 is 19.0 Å². The largest absolute Gasteiger partial charge is 1.00 e. The van der Waals surface area contributed by atoms with E-state index < -0.39 is 44.5 Å². The summed E-state index contributed by atoms with van der Waals surface area (Å²) in [5.41, 5.74) is -0.640. The number of fused-ring (bicyclic) bond motifs is 1. The summed E-state index contributed by atoms with van der Waals surface area (Å²) < 4.78 is 26.0. The van der Waals surface area contributed by atoms with E-state index in [4.69, 9.17) is 9.47 Å². The second-order valence-electron chi connectivity index (χ2n) is 5.19. The molecular formula is C11H13N4Na2O9P. The van der Waals surface area contributed by atoms with E-state index in [0.29, 0.717) is 0 Å².